The second-order valence-electron chi connectivity index (χ2n) is 3.04. The van der Waals surface area contributed by atoms with Gasteiger partial charge in [-0.05, 0) is 0 Å². The Morgan fingerprint density at radius 3 is 2.53 bits per heavy atom. The maximum Gasteiger partial charge on any atom is 0.330 e. The summed E-state index contributed by atoms with van der Waals surface area (Å²) in [6.45, 7) is -1.53. The number of hydrogen-bond donors (Lipinski definition) is 2. The van der Waals surface area contributed by atoms with Gasteiger partial charge < -0.3 is 19.9 Å². The van der Waals surface area contributed by atoms with Crippen LogP contribution in [0.1, 0.15) is 6.42 Å². The summed E-state index contributed by atoms with van der Waals surface area (Å²) in [7, 11) is 1.11. The van der Waals surface area contributed by atoms with Crippen LogP contribution in [0.25, 0.3) is 0 Å². The largest absolute Gasteiger partial charge is 0.467 e. The number of alkyl halides is 2. The van der Waals surface area contributed by atoms with E-state index in [1.807, 2.05) is 0 Å². The van der Waals surface area contributed by atoms with Crippen LogP contribution in [-0.2, 0) is 19.1 Å². The van der Waals surface area contributed by atoms with Crippen LogP contribution in [0.4, 0.5) is 8.78 Å². The molecule has 6 nitrogen and oxygen atoms in total. The number of methoxy groups -OCH3 is 1. The van der Waals surface area contributed by atoms with Crippen molar-refractivity contribution in [1.29, 1.82) is 0 Å². The van der Waals surface area contributed by atoms with Gasteiger partial charge in [0.2, 0.25) is 5.91 Å². The Hall–Kier alpha value is -1.28. The summed E-state index contributed by atoms with van der Waals surface area (Å²) >= 11 is 0. The summed E-state index contributed by atoms with van der Waals surface area (Å²) in [6, 6.07) is -1.15. The average Bonchev–Trinajstić information content (AvgIpc) is 2.30. The molecule has 0 saturated carbocycles. The molecule has 0 aliphatic rings. The summed E-state index contributed by atoms with van der Waals surface area (Å²) in [5, 5.41) is 10.9. The lowest BCUT2D eigenvalue weighted by Gasteiger charge is -2.13. The number of halogens is 2. The van der Waals surface area contributed by atoms with Crippen LogP contribution >= 0.6 is 0 Å². The predicted molar refractivity (Wildman–Crippen MR) is 52.5 cm³/mol. The van der Waals surface area contributed by atoms with Gasteiger partial charge >= 0.3 is 5.97 Å². The number of amides is 1. The molecule has 0 radical (unpaired) electrons. The number of esters is 1. The molecule has 0 saturated heterocycles. The van der Waals surface area contributed by atoms with Gasteiger partial charge in [0.05, 0.1) is 20.3 Å². The molecule has 0 aromatic rings. The first kappa shape index (κ1) is 15.7. The Bertz CT molecular complexity index is 250. The van der Waals surface area contributed by atoms with Crippen LogP contribution < -0.4 is 5.32 Å². The highest BCUT2D eigenvalue weighted by Crippen LogP contribution is 1.94. The molecule has 0 fully saturated rings. The maximum absolute atomic E-state index is 11.7. The smallest absolute Gasteiger partial charge is 0.330 e. The standard InChI is InChI=1S/C9H15F2NO5/c1-16-9(15)6(4-13)12-8(14)2-3-17-5-7(10)11/h6-7,13H,2-5H2,1H3,(H,12,14). The Balaban J connectivity index is 3.80. The van der Waals surface area contributed by atoms with Crippen molar-refractivity contribution in [3.05, 3.63) is 0 Å². The fraction of sp³-hybridized carbons (Fsp3) is 0.778. The Labute approximate surface area is 96.9 Å². The van der Waals surface area contributed by atoms with Crippen molar-refractivity contribution in [3.8, 4) is 0 Å². The minimum Gasteiger partial charge on any atom is -0.467 e. The van der Waals surface area contributed by atoms with Gasteiger partial charge in [0.1, 0.15) is 6.61 Å². The van der Waals surface area contributed by atoms with Crippen LogP contribution in [0.15, 0.2) is 0 Å². The van der Waals surface area contributed by atoms with Gasteiger partial charge in [-0.25, -0.2) is 13.6 Å². The topological polar surface area (TPSA) is 84.9 Å². The van der Waals surface area contributed by atoms with Crippen molar-refractivity contribution in [1.82, 2.24) is 5.32 Å². The Kier molecular flexibility index (Phi) is 8.16. The molecule has 0 bridgehead atoms. The molecule has 0 heterocycles. The SMILES string of the molecule is COC(=O)C(CO)NC(=O)CCOCC(F)F. The Morgan fingerprint density at radius 1 is 1.41 bits per heavy atom. The van der Waals surface area contributed by atoms with Crippen molar-refractivity contribution < 1.29 is 33.0 Å². The van der Waals surface area contributed by atoms with Crippen molar-refractivity contribution in [2.75, 3.05) is 26.9 Å². The van der Waals surface area contributed by atoms with E-state index in [1.165, 1.54) is 0 Å². The number of aliphatic hydroxyl groups is 1. The molecule has 0 aromatic heterocycles. The number of hydrogen-bond acceptors (Lipinski definition) is 5. The monoisotopic (exact) mass is 255 g/mol. The van der Waals surface area contributed by atoms with Crippen molar-refractivity contribution in [2.24, 2.45) is 0 Å². The molecule has 0 aromatic carbocycles. The third-order valence-corrected chi connectivity index (χ3v) is 1.72. The molecule has 1 atom stereocenters. The van der Waals surface area contributed by atoms with E-state index in [2.05, 4.69) is 14.8 Å². The van der Waals surface area contributed by atoms with Crippen LogP contribution in [0.5, 0.6) is 0 Å². The van der Waals surface area contributed by atoms with Gasteiger partial charge in [-0.1, -0.05) is 0 Å². The summed E-state index contributed by atoms with van der Waals surface area (Å²) < 4.78 is 32.1. The highest BCUT2D eigenvalue weighted by molar-refractivity contribution is 5.84. The fourth-order valence-corrected chi connectivity index (χ4v) is 0.925. The van der Waals surface area contributed by atoms with E-state index >= 15 is 0 Å². The molecular weight excluding hydrogens is 240 g/mol. The highest BCUT2D eigenvalue weighted by Gasteiger charge is 2.20. The van der Waals surface area contributed by atoms with E-state index in [0.717, 1.165) is 7.11 Å². The minimum absolute atomic E-state index is 0.180. The van der Waals surface area contributed by atoms with E-state index in [4.69, 9.17) is 5.11 Å². The maximum atomic E-state index is 11.7. The van der Waals surface area contributed by atoms with E-state index in [9.17, 15) is 18.4 Å². The zero-order chi connectivity index (χ0) is 13.3. The van der Waals surface area contributed by atoms with Crippen LogP contribution in [-0.4, -0.2) is 56.4 Å². The second-order valence-corrected chi connectivity index (χ2v) is 3.04. The average molecular weight is 255 g/mol. The van der Waals surface area contributed by atoms with Gasteiger partial charge in [0.25, 0.3) is 6.43 Å². The highest BCUT2D eigenvalue weighted by atomic mass is 19.3. The Morgan fingerprint density at radius 2 is 2.06 bits per heavy atom. The zero-order valence-electron chi connectivity index (χ0n) is 9.32. The van der Waals surface area contributed by atoms with Crippen LogP contribution in [0, 0.1) is 0 Å². The molecule has 100 valence electrons. The first-order valence-electron chi connectivity index (χ1n) is 4.85. The molecule has 17 heavy (non-hydrogen) atoms. The molecule has 0 spiro atoms. The van der Waals surface area contributed by atoms with Crippen molar-refractivity contribution in [3.63, 3.8) is 0 Å². The quantitative estimate of drug-likeness (QED) is 0.443. The van der Waals surface area contributed by atoms with Gasteiger partial charge in [-0.15, -0.1) is 0 Å². The second kappa shape index (κ2) is 8.82. The summed E-state index contributed by atoms with van der Waals surface area (Å²) in [6.07, 6.45) is -2.77. The molecule has 0 aliphatic carbocycles. The number of rotatable bonds is 8. The predicted octanol–water partition coefficient (Wildman–Crippen LogP) is -0.692. The third kappa shape index (κ3) is 7.58. The number of carbonyl (C=O) groups is 2. The fourth-order valence-electron chi connectivity index (χ4n) is 0.925. The molecule has 0 rings (SSSR count). The lowest BCUT2D eigenvalue weighted by Crippen LogP contribution is -2.44. The lowest BCUT2D eigenvalue weighted by atomic mass is 10.3. The number of aliphatic hydroxyl groups excluding tert-OH is 1. The summed E-state index contributed by atoms with van der Waals surface area (Å²) in [4.78, 5) is 22.2. The van der Waals surface area contributed by atoms with Crippen LogP contribution in [0.3, 0.4) is 0 Å². The molecule has 1 unspecified atom stereocenters. The zero-order valence-corrected chi connectivity index (χ0v) is 9.32. The van der Waals surface area contributed by atoms with Gasteiger partial charge in [0.15, 0.2) is 6.04 Å². The normalized spacial score (nSPS) is 12.3. The number of nitrogens with one attached hydrogen (secondary N) is 1. The van der Waals surface area contributed by atoms with E-state index in [1.54, 1.807) is 0 Å². The molecule has 8 heteroatoms. The summed E-state index contributed by atoms with van der Waals surface area (Å²) in [5.41, 5.74) is 0. The summed E-state index contributed by atoms with van der Waals surface area (Å²) in [5.74, 6) is -1.38. The van der Waals surface area contributed by atoms with Gasteiger partial charge in [0, 0.05) is 6.42 Å². The number of ether oxygens (including phenoxy) is 2. The number of carbonyl (C=O) groups excluding carboxylic acids is 2. The lowest BCUT2D eigenvalue weighted by molar-refractivity contribution is -0.146. The molecule has 2 N–H and O–H groups in total. The van der Waals surface area contributed by atoms with E-state index in [-0.39, 0.29) is 13.0 Å². The van der Waals surface area contributed by atoms with Crippen molar-refractivity contribution in [2.45, 2.75) is 18.9 Å². The third-order valence-electron chi connectivity index (χ3n) is 1.72. The van der Waals surface area contributed by atoms with Gasteiger partial charge in [-0.3, -0.25) is 4.79 Å². The van der Waals surface area contributed by atoms with Gasteiger partial charge in [-0.2, -0.15) is 0 Å². The van der Waals surface area contributed by atoms with E-state index in [0.29, 0.717) is 0 Å². The molecule has 0 aliphatic heterocycles. The first-order valence-corrected chi connectivity index (χ1v) is 4.85. The minimum atomic E-state index is -2.58. The van der Waals surface area contributed by atoms with Crippen LogP contribution in [0.2, 0.25) is 0 Å². The molecule has 1 amide bonds. The molecular formula is C9H15F2NO5. The van der Waals surface area contributed by atoms with E-state index < -0.39 is 37.6 Å². The first-order chi connectivity index (χ1) is 8.01. The van der Waals surface area contributed by atoms with Crippen molar-refractivity contribution >= 4 is 11.9 Å².